The first-order valence-corrected chi connectivity index (χ1v) is 7.60. The van der Waals surface area contributed by atoms with Gasteiger partial charge in [-0.05, 0) is 36.4 Å². The van der Waals surface area contributed by atoms with Crippen molar-refractivity contribution >= 4 is 53.3 Å². The van der Waals surface area contributed by atoms with Crippen LogP contribution in [0.3, 0.4) is 0 Å². The molecule has 0 heterocycles. The number of benzene rings is 2. The van der Waals surface area contributed by atoms with Gasteiger partial charge < -0.3 is 4.90 Å². The summed E-state index contributed by atoms with van der Waals surface area (Å²) in [5.74, 6) is -0.714. The highest BCUT2D eigenvalue weighted by atomic mass is 35.5. The smallest absolute Gasteiger partial charge is 0.254 e. The molecule has 1 amide bonds. The van der Waals surface area contributed by atoms with E-state index in [4.69, 9.17) is 23.2 Å². The van der Waals surface area contributed by atoms with Gasteiger partial charge in [0.15, 0.2) is 0 Å². The third-order valence-corrected chi connectivity index (χ3v) is 4.50. The Balaban J connectivity index is 0.00000242. The zero-order chi connectivity index (χ0) is 15.6. The summed E-state index contributed by atoms with van der Waals surface area (Å²) in [5.41, 5.74) is 0.302. The summed E-state index contributed by atoms with van der Waals surface area (Å²) >= 11 is 13.3. The average molecular weight is 381 g/mol. The molecule has 118 valence electrons. The Bertz CT molecular complexity index is 694. The Kier molecular flexibility index (Phi) is 7.00. The fourth-order valence-electron chi connectivity index (χ4n) is 1.68. The van der Waals surface area contributed by atoms with Crippen molar-refractivity contribution in [3.8, 4) is 0 Å². The normalized spacial score (nSPS) is 10.0. The summed E-state index contributed by atoms with van der Waals surface area (Å²) in [5, 5.41) is 1.02. The van der Waals surface area contributed by atoms with Crippen molar-refractivity contribution in [1.29, 1.82) is 0 Å². The lowest BCUT2D eigenvalue weighted by Gasteiger charge is -2.14. The number of hydrogen-bond acceptors (Lipinski definition) is 2. The van der Waals surface area contributed by atoms with Crippen LogP contribution in [-0.4, -0.2) is 24.9 Å². The molecule has 0 aliphatic carbocycles. The minimum Gasteiger partial charge on any atom is -0.345 e. The molecular formula is C15H13Cl3FNOS. The Labute approximate surface area is 149 Å². The molecule has 2 rings (SSSR count). The molecular weight excluding hydrogens is 368 g/mol. The van der Waals surface area contributed by atoms with Gasteiger partial charge in [0.2, 0.25) is 0 Å². The molecule has 0 spiro atoms. The zero-order valence-corrected chi connectivity index (χ0v) is 14.9. The lowest BCUT2D eigenvalue weighted by molar-refractivity contribution is 0.0824. The summed E-state index contributed by atoms with van der Waals surface area (Å²) in [7, 11) is 3.24. The Hall–Kier alpha value is -0.940. The molecule has 0 radical (unpaired) electrons. The number of hydrogen-bond donors (Lipinski definition) is 0. The van der Waals surface area contributed by atoms with E-state index in [-0.39, 0.29) is 18.3 Å². The Morgan fingerprint density at radius 2 is 1.73 bits per heavy atom. The Morgan fingerprint density at radius 3 is 2.32 bits per heavy atom. The Morgan fingerprint density at radius 1 is 1.09 bits per heavy atom. The number of carbonyl (C=O) groups excluding carboxylic acids is 1. The third kappa shape index (κ3) is 4.53. The van der Waals surface area contributed by atoms with Crippen LogP contribution in [0.25, 0.3) is 0 Å². The average Bonchev–Trinajstić information content (AvgIpc) is 2.42. The molecule has 0 N–H and O–H groups in total. The largest absolute Gasteiger partial charge is 0.345 e. The van der Waals surface area contributed by atoms with Gasteiger partial charge in [0.1, 0.15) is 5.82 Å². The van der Waals surface area contributed by atoms with Gasteiger partial charge in [0.05, 0.1) is 10.6 Å². The SMILES string of the molecule is CN(C)C(=O)c1cc(F)ccc1Sc1ccc(Cl)cc1Cl.Cl. The molecule has 0 bridgehead atoms. The van der Waals surface area contributed by atoms with E-state index >= 15 is 0 Å². The van der Waals surface area contributed by atoms with Crippen LogP contribution in [0, 0.1) is 5.82 Å². The standard InChI is InChI=1S/C15H12Cl2FNOS.ClH/c1-19(2)15(20)11-8-10(18)4-6-13(11)21-14-5-3-9(16)7-12(14)17;/h3-8H,1-2H3;1H. The third-order valence-electron chi connectivity index (χ3n) is 2.69. The predicted octanol–water partition coefficient (Wildman–Crippen LogP) is 5.41. The van der Waals surface area contributed by atoms with E-state index in [9.17, 15) is 9.18 Å². The second kappa shape index (κ2) is 8.06. The van der Waals surface area contributed by atoms with Crippen LogP contribution >= 0.6 is 47.4 Å². The summed E-state index contributed by atoms with van der Waals surface area (Å²) in [4.78, 5) is 14.9. The fourth-order valence-corrected chi connectivity index (χ4v) is 3.12. The van der Waals surface area contributed by atoms with Crippen LogP contribution in [-0.2, 0) is 0 Å². The van der Waals surface area contributed by atoms with Crippen molar-refractivity contribution in [1.82, 2.24) is 4.90 Å². The summed E-state index contributed by atoms with van der Waals surface area (Å²) < 4.78 is 13.4. The number of amides is 1. The summed E-state index contributed by atoms with van der Waals surface area (Å²) in [6.07, 6.45) is 0. The van der Waals surface area contributed by atoms with Gasteiger partial charge in [-0.2, -0.15) is 0 Å². The first-order chi connectivity index (χ1) is 9.88. The zero-order valence-electron chi connectivity index (χ0n) is 11.8. The maximum absolute atomic E-state index is 13.4. The van der Waals surface area contributed by atoms with Gasteiger partial charge in [-0.3, -0.25) is 4.79 Å². The van der Waals surface area contributed by atoms with Crippen molar-refractivity contribution in [2.75, 3.05) is 14.1 Å². The second-order valence-electron chi connectivity index (χ2n) is 4.52. The highest BCUT2D eigenvalue weighted by Crippen LogP contribution is 2.36. The van der Waals surface area contributed by atoms with Crippen molar-refractivity contribution in [2.24, 2.45) is 0 Å². The summed E-state index contributed by atoms with van der Waals surface area (Å²) in [6, 6.07) is 9.23. The lowest BCUT2D eigenvalue weighted by Crippen LogP contribution is -2.22. The fraction of sp³-hybridized carbons (Fsp3) is 0.133. The maximum atomic E-state index is 13.4. The van der Waals surface area contributed by atoms with E-state index in [0.717, 1.165) is 4.90 Å². The molecule has 22 heavy (non-hydrogen) atoms. The van der Waals surface area contributed by atoms with Crippen LogP contribution in [0.2, 0.25) is 10.0 Å². The highest BCUT2D eigenvalue weighted by molar-refractivity contribution is 7.99. The van der Waals surface area contributed by atoms with E-state index in [1.54, 1.807) is 38.4 Å². The first kappa shape index (κ1) is 19.1. The maximum Gasteiger partial charge on any atom is 0.254 e. The molecule has 0 atom stereocenters. The summed E-state index contributed by atoms with van der Waals surface area (Å²) in [6.45, 7) is 0. The van der Waals surface area contributed by atoms with Crippen LogP contribution in [0.5, 0.6) is 0 Å². The molecule has 0 saturated heterocycles. The van der Waals surface area contributed by atoms with Crippen molar-refractivity contribution in [2.45, 2.75) is 9.79 Å². The van der Waals surface area contributed by atoms with E-state index in [1.165, 1.54) is 28.8 Å². The lowest BCUT2D eigenvalue weighted by atomic mass is 10.2. The molecule has 7 heteroatoms. The van der Waals surface area contributed by atoms with E-state index in [0.29, 0.717) is 20.5 Å². The number of carbonyl (C=O) groups is 1. The molecule has 2 aromatic rings. The van der Waals surface area contributed by atoms with Crippen LogP contribution < -0.4 is 0 Å². The van der Waals surface area contributed by atoms with Gasteiger partial charge in [-0.25, -0.2) is 4.39 Å². The van der Waals surface area contributed by atoms with Gasteiger partial charge in [-0.15, -0.1) is 12.4 Å². The minimum absolute atomic E-state index is 0. The van der Waals surface area contributed by atoms with Gasteiger partial charge in [0.25, 0.3) is 5.91 Å². The van der Waals surface area contributed by atoms with Crippen molar-refractivity contribution < 1.29 is 9.18 Å². The van der Waals surface area contributed by atoms with Crippen LogP contribution in [0.1, 0.15) is 10.4 Å². The molecule has 0 unspecified atom stereocenters. The van der Waals surface area contributed by atoms with E-state index in [2.05, 4.69) is 0 Å². The van der Waals surface area contributed by atoms with Crippen LogP contribution in [0.4, 0.5) is 4.39 Å². The van der Waals surface area contributed by atoms with Crippen LogP contribution in [0.15, 0.2) is 46.2 Å². The number of rotatable bonds is 3. The second-order valence-corrected chi connectivity index (χ2v) is 6.44. The van der Waals surface area contributed by atoms with Gasteiger partial charge in [0, 0.05) is 28.9 Å². The molecule has 2 aromatic carbocycles. The van der Waals surface area contributed by atoms with Crippen molar-refractivity contribution in [3.05, 3.63) is 57.8 Å². The van der Waals surface area contributed by atoms with E-state index < -0.39 is 5.82 Å². The van der Waals surface area contributed by atoms with Gasteiger partial charge in [-0.1, -0.05) is 35.0 Å². The number of halogens is 4. The highest BCUT2D eigenvalue weighted by Gasteiger charge is 2.16. The molecule has 0 saturated carbocycles. The van der Waals surface area contributed by atoms with E-state index in [1.807, 2.05) is 0 Å². The van der Waals surface area contributed by atoms with Gasteiger partial charge >= 0.3 is 0 Å². The number of nitrogens with zero attached hydrogens (tertiary/aromatic N) is 1. The quantitative estimate of drug-likeness (QED) is 0.710. The topological polar surface area (TPSA) is 20.3 Å². The molecule has 0 aliphatic rings. The monoisotopic (exact) mass is 379 g/mol. The first-order valence-electron chi connectivity index (χ1n) is 6.02. The molecule has 0 aromatic heterocycles. The van der Waals surface area contributed by atoms with Crippen molar-refractivity contribution in [3.63, 3.8) is 0 Å². The minimum atomic E-state index is -0.452. The molecule has 2 nitrogen and oxygen atoms in total. The predicted molar refractivity (Wildman–Crippen MR) is 92.3 cm³/mol. The molecule has 0 fully saturated rings. The molecule has 0 aliphatic heterocycles.